The summed E-state index contributed by atoms with van der Waals surface area (Å²) in [5, 5.41) is 3.70. The molecule has 3 atom stereocenters. The summed E-state index contributed by atoms with van der Waals surface area (Å²) in [7, 11) is 0. The Kier molecular flexibility index (Phi) is 3.67. The molecule has 3 rings (SSSR count). The molecular formula is C16H24N2. The number of piperidine rings is 1. The van der Waals surface area contributed by atoms with Crippen LogP contribution in [0.4, 0.5) is 0 Å². The quantitative estimate of drug-likeness (QED) is 0.879. The molecule has 2 saturated heterocycles. The van der Waals surface area contributed by atoms with E-state index in [-0.39, 0.29) is 0 Å². The van der Waals surface area contributed by atoms with Gasteiger partial charge in [-0.3, -0.25) is 4.90 Å². The SMILES string of the molecule is CCC(c1ccccc1)N1CC2CCCNC2C1. The first-order valence-corrected chi connectivity index (χ1v) is 7.41. The second kappa shape index (κ2) is 5.41. The molecule has 1 aromatic rings. The number of rotatable bonds is 3. The fourth-order valence-electron chi connectivity index (χ4n) is 3.71. The molecule has 3 unspecified atom stereocenters. The normalized spacial score (nSPS) is 30.1. The third kappa shape index (κ3) is 2.32. The van der Waals surface area contributed by atoms with Crippen molar-refractivity contribution < 1.29 is 0 Å². The van der Waals surface area contributed by atoms with E-state index in [0.29, 0.717) is 6.04 Å². The molecule has 0 aliphatic carbocycles. The van der Waals surface area contributed by atoms with Crippen LogP contribution in [0.2, 0.25) is 0 Å². The van der Waals surface area contributed by atoms with Crippen LogP contribution >= 0.6 is 0 Å². The van der Waals surface area contributed by atoms with Gasteiger partial charge in [0, 0.05) is 25.2 Å². The Morgan fingerprint density at radius 3 is 2.83 bits per heavy atom. The van der Waals surface area contributed by atoms with Crippen molar-refractivity contribution in [3.63, 3.8) is 0 Å². The van der Waals surface area contributed by atoms with Gasteiger partial charge in [-0.25, -0.2) is 0 Å². The van der Waals surface area contributed by atoms with Gasteiger partial charge in [-0.15, -0.1) is 0 Å². The van der Waals surface area contributed by atoms with Crippen molar-refractivity contribution in [2.24, 2.45) is 5.92 Å². The average molecular weight is 244 g/mol. The van der Waals surface area contributed by atoms with Crippen molar-refractivity contribution in [2.45, 2.75) is 38.3 Å². The topological polar surface area (TPSA) is 15.3 Å². The number of likely N-dealkylation sites (tertiary alicyclic amines) is 1. The molecule has 18 heavy (non-hydrogen) atoms. The van der Waals surface area contributed by atoms with Crippen LogP contribution in [-0.2, 0) is 0 Å². The second-order valence-corrected chi connectivity index (χ2v) is 5.75. The Labute approximate surface area is 110 Å². The van der Waals surface area contributed by atoms with Gasteiger partial charge in [0.2, 0.25) is 0 Å². The monoisotopic (exact) mass is 244 g/mol. The highest BCUT2D eigenvalue weighted by atomic mass is 15.2. The van der Waals surface area contributed by atoms with Crippen LogP contribution in [0.1, 0.15) is 37.8 Å². The average Bonchev–Trinajstić information content (AvgIpc) is 2.84. The second-order valence-electron chi connectivity index (χ2n) is 5.75. The number of benzene rings is 1. The highest BCUT2D eigenvalue weighted by molar-refractivity contribution is 5.19. The number of fused-ring (bicyclic) bond motifs is 1. The van der Waals surface area contributed by atoms with Crippen LogP contribution < -0.4 is 5.32 Å². The van der Waals surface area contributed by atoms with Crippen LogP contribution in [0.3, 0.4) is 0 Å². The van der Waals surface area contributed by atoms with Crippen molar-refractivity contribution in [1.82, 2.24) is 10.2 Å². The van der Waals surface area contributed by atoms with Crippen LogP contribution in [0, 0.1) is 5.92 Å². The summed E-state index contributed by atoms with van der Waals surface area (Å²) in [6.07, 6.45) is 3.99. The number of nitrogens with one attached hydrogen (secondary N) is 1. The first-order chi connectivity index (χ1) is 8.88. The zero-order valence-corrected chi connectivity index (χ0v) is 11.3. The molecule has 2 aliphatic rings. The first-order valence-electron chi connectivity index (χ1n) is 7.41. The predicted octanol–water partition coefficient (Wildman–Crippen LogP) is 2.82. The van der Waals surface area contributed by atoms with E-state index < -0.39 is 0 Å². The van der Waals surface area contributed by atoms with Crippen molar-refractivity contribution in [3.05, 3.63) is 35.9 Å². The van der Waals surface area contributed by atoms with E-state index in [1.807, 2.05) is 0 Å². The molecule has 0 aromatic heterocycles. The minimum Gasteiger partial charge on any atom is -0.312 e. The standard InChI is InChI=1S/C16H24N2/c1-2-16(13-7-4-3-5-8-13)18-11-14-9-6-10-17-15(14)12-18/h3-5,7-8,14-17H,2,6,9-12H2,1H3. The maximum atomic E-state index is 3.70. The highest BCUT2D eigenvalue weighted by Gasteiger charge is 2.36. The van der Waals surface area contributed by atoms with Crippen molar-refractivity contribution >= 4 is 0 Å². The number of hydrogen-bond acceptors (Lipinski definition) is 2. The smallest absolute Gasteiger partial charge is 0.0346 e. The molecule has 2 aliphatic heterocycles. The van der Waals surface area contributed by atoms with E-state index >= 15 is 0 Å². The summed E-state index contributed by atoms with van der Waals surface area (Å²) >= 11 is 0. The molecule has 98 valence electrons. The van der Waals surface area contributed by atoms with Crippen molar-refractivity contribution in [3.8, 4) is 0 Å². The lowest BCUT2D eigenvalue weighted by Crippen LogP contribution is -2.40. The molecule has 0 bridgehead atoms. The lowest BCUT2D eigenvalue weighted by Gasteiger charge is -2.27. The van der Waals surface area contributed by atoms with Crippen molar-refractivity contribution in [2.75, 3.05) is 19.6 Å². The van der Waals surface area contributed by atoms with Gasteiger partial charge in [0.15, 0.2) is 0 Å². The fraction of sp³-hybridized carbons (Fsp3) is 0.625. The van der Waals surface area contributed by atoms with Crippen molar-refractivity contribution in [1.29, 1.82) is 0 Å². The molecule has 1 N–H and O–H groups in total. The largest absolute Gasteiger partial charge is 0.312 e. The lowest BCUT2D eigenvalue weighted by atomic mass is 9.94. The lowest BCUT2D eigenvalue weighted by molar-refractivity contribution is 0.228. The minimum atomic E-state index is 0.610. The van der Waals surface area contributed by atoms with E-state index in [9.17, 15) is 0 Å². The molecular weight excluding hydrogens is 220 g/mol. The third-order valence-corrected chi connectivity index (χ3v) is 4.64. The molecule has 2 heterocycles. The predicted molar refractivity (Wildman–Crippen MR) is 75.6 cm³/mol. The summed E-state index contributed by atoms with van der Waals surface area (Å²) in [4.78, 5) is 2.70. The Morgan fingerprint density at radius 1 is 1.28 bits per heavy atom. The molecule has 2 heteroatoms. The van der Waals surface area contributed by atoms with E-state index in [2.05, 4.69) is 47.5 Å². The maximum absolute atomic E-state index is 3.70. The van der Waals surface area contributed by atoms with Gasteiger partial charge in [-0.2, -0.15) is 0 Å². The molecule has 0 amide bonds. The zero-order chi connectivity index (χ0) is 12.4. The van der Waals surface area contributed by atoms with Crippen LogP contribution in [0.25, 0.3) is 0 Å². The Morgan fingerprint density at radius 2 is 2.11 bits per heavy atom. The zero-order valence-electron chi connectivity index (χ0n) is 11.3. The van der Waals surface area contributed by atoms with Gasteiger partial charge in [-0.05, 0) is 37.3 Å². The summed E-state index contributed by atoms with van der Waals surface area (Å²) in [5.41, 5.74) is 1.48. The van der Waals surface area contributed by atoms with Crippen LogP contribution in [-0.4, -0.2) is 30.6 Å². The Hall–Kier alpha value is -0.860. The highest BCUT2D eigenvalue weighted by Crippen LogP contribution is 2.33. The molecule has 0 saturated carbocycles. The summed E-state index contributed by atoms with van der Waals surface area (Å²) in [6.45, 7) is 6.05. The summed E-state index contributed by atoms with van der Waals surface area (Å²) in [6, 6.07) is 12.4. The van der Waals surface area contributed by atoms with Gasteiger partial charge >= 0.3 is 0 Å². The van der Waals surface area contributed by atoms with E-state index in [1.165, 1.54) is 44.5 Å². The van der Waals surface area contributed by atoms with E-state index in [4.69, 9.17) is 0 Å². The molecule has 0 spiro atoms. The first kappa shape index (κ1) is 12.2. The number of hydrogen-bond donors (Lipinski definition) is 1. The summed E-state index contributed by atoms with van der Waals surface area (Å²) in [5.74, 6) is 0.886. The van der Waals surface area contributed by atoms with Gasteiger partial charge in [-0.1, -0.05) is 37.3 Å². The van der Waals surface area contributed by atoms with E-state index in [1.54, 1.807) is 0 Å². The van der Waals surface area contributed by atoms with Gasteiger partial charge in [0.05, 0.1) is 0 Å². The fourth-order valence-corrected chi connectivity index (χ4v) is 3.71. The van der Waals surface area contributed by atoms with Gasteiger partial charge < -0.3 is 5.32 Å². The number of nitrogens with zero attached hydrogens (tertiary/aromatic N) is 1. The van der Waals surface area contributed by atoms with Gasteiger partial charge in [0.25, 0.3) is 0 Å². The molecule has 0 radical (unpaired) electrons. The summed E-state index contributed by atoms with van der Waals surface area (Å²) < 4.78 is 0. The third-order valence-electron chi connectivity index (χ3n) is 4.64. The maximum Gasteiger partial charge on any atom is 0.0346 e. The Bertz CT molecular complexity index is 362. The van der Waals surface area contributed by atoms with E-state index in [0.717, 1.165) is 12.0 Å². The molecule has 2 fully saturated rings. The Balaban J connectivity index is 1.73. The molecule has 2 nitrogen and oxygen atoms in total. The minimum absolute atomic E-state index is 0.610. The van der Waals surface area contributed by atoms with Crippen LogP contribution in [0.15, 0.2) is 30.3 Å². The van der Waals surface area contributed by atoms with Gasteiger partial charge in [0.1, 0.15) is 0 Å². The van der Waals surface area contributed by atoms with Crippen LogP contribution in [0.5, 0.6) is 0 Å². The molecule has 1 aromatic carbocycles.